The lowest BCUT2D eigenvalue weighted by molar-refractivity contribution is 0.0847. The fourth-order valence-corrected chi connectivity index (χ4v) is 5.62. The second kappa shape index (κ2) is 8.40. The minimum Gasteiger partial charge on any atom is -0.349 e. The van der Waals surface area contributed by atoms with Gasteiger partial charge in [-0.05, 0) is 57.7 Å². The first-order valence-electron chi connectivity index (χ1n) is 10.9. The van der Waals surface area contributed by atoms with Crippen LogP contribution < -0.4 is 15.6 Å². The minimum absolute atomic E-state index is 0.0130. The van der Waals surface area contributed by atoms with E-state index in [0.717, 1.165) is 31.2 Å². The fourth-order valence-electron chi connectivity index (χ4n) is 5.15. The van der Waals surface area contributed by atoms with E-state index in [0.29, 0.717) is 25.2 Å². The van der Waals surface area contributed by atoms with Crippen molar-refractivity contribution in [2.24, 2.45) is 0 Å². The molecule has 0 aliphatic carbocycles. The Kier molecular flexibility index (Phi) is 5.97. The van der Waals surface area contributed by atoms with Crippen molar-refractivity contribution in [2.75, 3.05) is 19.3 Å². The molecular formula is C21H31N5O4S. The molecule has 0 radical (unpaired) electrons. The van der Waals surface area contributed by atoms with Crippen LogP contribution in [-0.2, 0) is 10.0 Å². The van der Waals surface area contributed by atoms with Crippen LogP contribution in [0.3, 0.4) is 0 Å². The maximum Gasteiger partial charge on any atom is 0.278 e. The molecule has 1 amide bonds. The first kappa shape index (κ1) is 22.0. The molecule has 4 rings (SSSR count). The Morgan fingerprint density at radius 3 is 2.52 bits per heavy atom. The predicted molar refractivity (Wildman–Crippen MR) is 119 cm³/mol. The van der Waals surface area contributed by atoms with E-state index in [1.54, 1.807) is 15.3 Å². The average Bonchev–Trinajstić information content (AvgIpc) is 3.21. The number of rotatable bonds is 7. The van der Waals surface area contributed by atoms with Gasteiger partial charge in [-0.3, -0.25) is 19.0 Å². The van der Waals surface area contributed by atoms with Crippen LogP contribution >= 0.6 is 0 Å². The van der Waals surface area contributed by atoms with Crippen molar-refractivity contribution in [3.63, 3.8) is 0 Å². The molecule has 4 heterocycles. The topological polar surface area (TPSA) is 105 Å². The quantitative estimate of drug-likeness (QED) is 0.655. The van der Waals surface area contributed by atoms with Gasteiger partial charge in [0.1, 0.15) is 5.56 Å². The lowest BCUT2D eigenvalue weighted by atomic mass is 9.97. The summed E-state index contributed by atoms with van der Waals surface area (Å²) in [5.74, 6) is -0.320. The number of nitrogens with one attached hydrogen (secondary N) is 2. The van der Waals surface area contributed by atoms with Gasteiger partial charge in [-0.2, -0.15) is 0 Å². The molecule has 170 valence electrons. The van der Waals surface area contributed by atoms with Crippen LogP contribution in [0, 0.1) is 0 Å². The van der Waals surface area contributed by atoms with Crippen molar-refractivity contribution in [3.8, 4) is 0 Å². The highest BCUT2D eigenvalue weighted by Gasteiger charge is 2.41. The summed E-state index contributed by atoms with van der Waals surface area (Å²) < 4.78 is 28.6. The molecular weight excluding hydrogens is 418 g/mol. The van der Waals surface area contributed by atoms with E-state index >= 15 is 0 Å². The molecule has 2 aliphatic heterocycles. The number of nitrogens with zero attached hydrogens (tertiary/aromatic N) is 3. The first-order valence-corrected chi connectivity index (χ1v) is 12.8. The molecule has 0 saturated carbocycles. The van der Waals surface area contributed by atoms with Crippen molar-refractivity contribution >= 4 is 21.4 Å². The van der Waals surface area contributed by atoms with Gasteiger partial charge in [0, 0.05) is 43.5 Å². The van der Waals surface area contributed by atoms with Gasteiger partial charge in [-0.15, -0.1) is 0 Å². The Bertz CT molecular complexity index is 1120. The van der Waals surface area contributed by atoms with Gasteiger partial charge in [0.05, 0.1) is 11.8 Å². The zero-order valence-corrected chi connectivity index (χ0v) is 19.1. The molecule has 0 spiro atoms. The van der Waals surface area contributed by atoms with E-state index in [9.17, 15) is 18.0 Å². The third kappa shape index (κ3) is 4.56. The Morgan fingerprint density at radius 1 is 1.23 bits per heavy atom. The zero-order chi connectivity index (χ0) is 22.3. The van der Waals surface area contributed by atoms with Gasteiger partial charge in [-0.1, -0.05) is 0 Å². The number of sulfonamides is 1. The molecule has 2 unspecified atom stereocenters. The average molecular weight is 450 g/mol. The Hall–Kier alpha value is -2.17. The van der Waals surface area contributed by atoms with E-state index in [2.05, 4.69) is 14.9 Å². The van der Waals surface area contributed by atoms with Crippen LogP contribution in [0.25, 0.3) is 5.52 Å². The maximum absolute atomic E-state index is 13.0. The largest absolute Gasteiger partial charge is 0.349 e. The lowest BCUT2D eigenvalue weighted by Crippen LogP contribution is -2.52. The summed E-state index contributed by atoms with van der Waals surface area (Å²) in [7, 11) is -3.19. The van der Waals surface area contributed by atoms with Gasteiger partial charge < -0.3 is 5.32 Å². The van der Waals surface area contributed by atoms with Crippen LogP contribution in [0.5, 0.6) is 0 Å². The van der Waals surface area contributed by atoms with E-state index < -0.39 is 10.0 Å². The summed E-state index contributed by atoms with van der Waals surface area (Å²) in [6.45, 7) is 4.92. The molecule has 2 bridgehead atoms. The molecule has 2 fully saturated rings. The smallest absolute Gasteiger partial charge is 0.278 e. The fraction of sp³-hybridized carbons (Fsp3) is 0.619. The van der Waals surface area contributed by atoms with E-state index in [1.807, 2.05) is 32.2 Å². The summed E-state index contributed by atoms with van der Waals surface area (Å²) in [4.78, 5) is 28.4. The predicted octanol–water partition coefficient (Wildman–Crippen LogP) is 0.956. The maximum atomic E-state index is 13.0. The number of hydrogen-bond acceptors (Lipinski definition) is 5. The number of amides is 1. The van der Waals surface area contributed by atoms with Gasteiger partial charge in [0.25, 0.3) is 11.5 Å². The van der Waals surface area contributed by atoms with Gasteiger partial charge >= 0.3 is 0 Å². The number of piperidine rings is 1. The highest BCUT2D eigenvalue weighted by atomic mass is 32.2. The summed E-state index contributed by atoms with van der Waals surface area (Å²) in [5.41, 5.74) is 0.696. The molecule has 2 aromatic rings. The summed E-state index contributed by atoms with van der Waals surface area (Å²) >= 11 is 0. The third-order valence-corrected chi connectivity index (χ3v) is 7.14. The SMILES string of the molecule is CC(C)n1c(=O)c(C(=O)NC2CC3CCC(C2)N3CCNS(C)(=O)=O)cc2cccn21. The van der Waals surface area contributed by atoms with Crippen LogP contribution in [-0.4, -0.2) is 65.9 Å². The number of fused-ring (bicyclic) bond motifs is 3. The van der Waals surface area contributed by atoms with Gasteiger partial charge in [0.2, 0.25) is 10.0 Å². The monoisotopic (exact) mass is 449 g/mol. The second-order valence-corrected chi connectivity index (χ2v) is 10.8. The highest BCUT2D eigenvalue weighted by Crippen LogP contribution is 2.35. The second-order valence-electron chi connectivity index (χ2n) is 9.01. The molecule has 0 aromatic carbocycles. The minimum atomic E-state index is -3.19. The van der Waals surface area contributed by atoms with Crippen molar-refractivity contribution < 1.29 is 13.2 Å². The third-order valence-electron chi connectivity index (χ3n) is 6.41. The van der Waals surface area contributed by atoms with E-state index in [1.165, 1.54) is 6.26 Å². The molecule has 2 aliphatic rings. The summed E-state index contributed by atoms with van der Waals surface area (Å²) in [6.07, 6.45) is 6.71. The molecule has 2 aromatic heterocycles. The molecule has 9 nitrogen and oxygen atoms in total. The molecule has 2 atom stereocenters. The van der Waals surface area contributed by atoms with Gasteiger partial charge in [-0.25, -0.2) is 17.8 Å². The van der Waals surface area contributed by atoms with Crippen molar-refractivity contribution in [1.29, 1.82) is 0 Å². The van der Waals surface area contributed by atoms with Crippen LogP contribution in [0.1, 0.15) is 55.9 Å². The van der Waals surface area contributed by atoms with Crippen molar-refractivity contribution in [2.45, 2.75) is 63.7 Å². The molecule has 2 saturated heterocycles. The zero-order valence-electron chi connectivity index (χ0n) is 18.2. The molecule has 10 heteroatoms. The summed E-state index contributed by atoms with van der Waals surface area (Å²) in [5, 5.41) is 3.10. The molecule has 31 heavy (non-hydrogen) atoms. The van der Waals surface area contributed by atoms with Crippen LogP contribution in [0.4, 0.5) is 0 Å². The molecule has 2 N–H and O–H groups in total. The van der Waals surface area contributed by atoms with E-state index in [-0.39, 0.29) is 29.1 Å². The number of hydrogen-bond donors (Lipinski definition) is 2. The Morgan fingerprint density at radius 2 is 1.90 bits per heavy atom. The number of carbonyl (C=O) groups excluding carboxylic acids is 1. The number of carbonyl (C=O) groups is 1. The lowest BCUT2D eigenvalue weighted by Gasteiger charge is -2.39. The van der Waals surface area contributed by atoms with Crippen LogP contribution in [0.2, 0.25) is 0 Å². The number of aromatic nitrogens is 2. The Balaban J connectivity index is 1.45. The van der Waals surface area contributed by atoms with E-state index in [4.69, 9.17) is 0 Å². The highest BCUT2D eigenvalue weighted by molar-refractivity contribution is 7.88. The summed E-state index contributed by atoms with van der Waals surface area (Å²) in [6, 6.07) is 6.00. The first-order chi connectivity index (χ1) is 14.6. The standard InChI is InChI=1S/C21H31N5O4S/c1-14(2)26-21(28)19(13-18-5-4-9-25(18)26)20(27)23-15-11-16-6-7-17(12-15)24(16)10-8-22-31(3,29)30/h4-5,9,13-17,22H,6-8,10-12H2,1-3H3,(H,23,27). The van der Waals surface area contributed by atoms with Crippen LogP contribution in [0.15, 0.2) is 29.2 Å². The Labute approximate surface area is 182 Å². The van der Waals surface area contributed by atoms with Crippen molar-refractivity contribution in [3.05, 3.63) is 40.3 Å². The normalized spacial score (nSPS) is 24.2. The van der Waals surface area contributed by atoms with Crippen molar-refractivity contribution in [1.82, 2.24) is 24.1 Å². The van der Waals surface area contributed by atoms with Gasteiger partial charge in [0.15, 0.2) is 0 Å².